The van der Waals surface area contributed by atoms with Crippen LogP contribution in [0.5, 0.6) is 0 Å². The van der Waals surface area contributed by atoms with Crippen molar-refractivity contribution in [1.82, 2.24) is 4.98 Å². The van der Waals surface area contributed by atoms with Crippen molar-refractivity contribution in [2.75, 3.05) is 11.6 Å². The van der Waals surface area contributed by atoms with E-state index >= 15 is 0 Å². The predicted octanol–water partition coefficient (Wildman–Crippen LogP) is 4.87. The van der Waals surface area contributed by atoms with E-state index in [1.807, 2.05) is 31.2 Å². The second-order valence-electron chi connectivity index (χ2n) is 6.62. The number of carbonyl (C=O) groups is 1. The fraction of sp³-hybridized carbons (Fsp3) is 0.238. The first-order valence-electron chi connectivity index (χ1n) is 8.59. The molecule has 1 amide bonds. The van der Waals surface area contributed by atoms with Crippen molar-refractivity contribution in [3.63, 3.8) is 0 Å². The molecule has 1 N–H and O–H groups in total. The van der Waals surface area contributed by atoms with E-state index in [-0.39, 0.29) is 5.91 Å². The summed E-state index contributed by atoms with van der Waals surface area (Å²) in [6.07, 6.45) is 1.67. The number of thiazole rings is 1. The molecule has 0 radical (unpaired) electrons. The quantitative estimate of drug-likeness (QED) is 0.667. The highest BCUT2D eigenvalue weighted by molar-refractivity contribution is 7.83. The SMILES string of the molecule is Cc1ccc(-c2nc(C)c(C(=O)Nc3cccc(CS(C)=O)c3)s2)c(C)c1. The molecule has 1 unspecified atom stereocenters. The molecule has 0 bridgehead atoms. The van der Waals surface area contributed by atoms with Crippen molar-refractivity contribution in [3.05, 3.63) is 69.7 Å². The summed E-state index contributed by atoms with van der Waals surface area (Å²) in [5, 5.41) is 3.79. The van der Waals surface area contributed by atoms with E-state index in [1.54, 1.807) is 6.26 Å². The predicted molar refractivity (Wildman–Crippen MR) is 114 cm³/mol. The number of carbonyl (C=O) groups excluding carboxylic acids is 1. The van der Waals surface area contributed by atoms with Crippen LogP contribution in [0.2, 0.25) is 0 Å². The molecule has 27 heavy (non-hydrogen) atoms. The highest BCUT2D eigenvalue weighted by Crippen LogP contribution is 2.31. The lowest BCUT2D eigenvalue weighted by molar-refractivity contribution is 0.103. The summed E-state index contributed by atoms with van der Waals surface area (Å²) in [5.74, 6) is 0.302. The van der Waals surface area contributed by atoms with Gasteiger partial charge in [-0.3, -0.25) is 9.00 Å². The molecule has 3 aromatic rings. The average Bonchev–Trinajstić information content (AvgIpc) is 2.96. The lowest BCUT2D eigenvalue weighted by Crippen LogP contribution is -2.11. The maximum absolute atomic E-state index is 12.8. The van der Waals surface area contributed by atoms with Crippen molar-refractivity contribution in [2.45, 2.75) is 26.5 Å². The van der Waals surface area contributed by atoms with Crippen LogP contribution in [0.3, 0.4) is 0 Å². The molecule has 2 aromatic carbocycles. The van der Waals surface area contributed by atoms with Crippen LogP contribution in [0.4, 0.5) is 5.69 Å². The van der Waals surface area contributed by atoms with Gasteiger partial charge in [-0.05, 0) is 44.0 Å². The monoisotopic (exact) mass is 398 g/mol. The van der Waals surface area contributed by atoms with Crippen LogP contribution in [-0.2, 0) is 16.6 Å². The summed E-state index contributed by atoms with van der Waals surface area (Å²) in [6, 6.07) is 13.7. The number of hydrogen-bond acceptors (Lipinski definition) is 4. The lowest BCUT2D eigenvalue weighted by Gasteiger charge is -2.06. The van der Waals surface area contributed by atoms with E-state index in [4.69, 9.17) is 0 Å². The van der Waals surface area contributed by atoms with Gasteiger partial charge < -0.3 is 5.32 Å². The Kier molecular flexibility index (Phi) is 5.87. The standard InChI is InChI=1S/C21H22N2O2S2/c1-13-8-9-18(14(2)10-13)21-22-15(3)19(26-21)20(24)23-17-7-5-6-16(11-17)12-27(4)25/h5-11H,12H2,1-4H3,(H,23,24). The van der Waals surface area contributed by atoms with Crippen molar-refractivity contribution in [1.29, 1.82) is 0 Å². The second-order valence-corrected chi connectivity index (χ2v) is 9.06. The zero-order chi connectivity index (χ0) is 19.6. The van der Waals surface area contributed by atoms with Crippen LogP contribution in [0, 0.1) is 20.8 Å². The third-order valence-electron chi connectivity index (χ3n) is 4.17. The lowest BCUT2D eigenvalue weighted by atomic mass is 10.1. The molecule has 3 rings (SSSR count). The molecule has 6 heteroatoms. The average molecular weight is 399 g/mol. The Balaban J connectivity index is 1.84. The summed E-state index contributed by atoms with van der Waals surface area (Å²) < 4.78 is 11.4. The fourth-order valence-corrected chi connectivity index (χ4v) is 4.64. The minimum absolute atomic E-state index is 0.171. The maximum atomic E-state index is 12.8. The molecular weight excluding hydrogens is 376 g/mol. The van der Waals surface area contributed by atoms with Crippen LogP contribution in [0.15, 0.2) is 42.5 Å². The first kappa shape index (κ1) is 19.5. The molecule has 0 aliphatic rings. The Labute approximate surface area is 166 Å². The second kappa shape index (κ2) is 8.15. The molecule has 0 saturated carbocycles. The Morgan fingerprint density at radius 3 is 2.63 bits per heavy atom. The van der Waals surface area contributed by atoms with Gasteiger partial charge in [-0.25, -0.2) is 4.98 Å². The Bertz CT molecular complexity index is 1020. The number of nitrogens with one attached hydrogen (secondary N) is 1. The molecule has 0 aliphatic heterocycles. The number of benzene rings is 2. The van der Waals surface area contributed by atoms with Gasteiger partial charge in [-0.2, -0.15) is 0 Å². The molecule has 1 atom stereocenters. The Hall–Kier alpha value is -2.31. The molecular formula is C21H22N2O2S2. The maximum Gasteiger partial charge on any atom is 0.267 e. The molecule has 0 spiro atoms. The molecule has 0 fully saturated rings. The van der Waals surface area contributed by atoms with Crippen molar-refractivity contribution < 1.29 is 9.00 Å². The summed E-state index contributed by atoms with van der Waals surface area (Å²) in [7, 11) is -0.920. The first-order chi connectivity index (χ1) is 12.8. The smallest absolute Gasteiger partial charge is 0.267 e. The topological polar surface area (TPSA) is 59.1 Å². The van der Waals surface area contributed by atoms with Crippen LogP contribution in [0.1, 0.15) is 32.1 Å². The van der Waals surface area contributed by atoms with Gasteiger partial charge in [-0.15, -0.1) is 11.3 Å². The number of hydrogen-bond donors (Lipinski definition) is 1. The number of rotatable bonds is 5. The fourth-order valence-electron chi connectivity index (χ4n) is 2.94. The number of aryl methyl sites for hydroxylation is 3. The summed E-state index contributed by atoms with van der Waals surface area (Å²) in [6.45, 7) is 5.97. The molecule has 4 nitrogen and oxygen atoms in total. The van der Waals surface area contributed by atoms with E-state index in [0.717, 1.165) is 27.4 Å². The molecule has 0 saturated heterocycles. The summed E-state index contributed by atoms with van der Waals surface area (Å²) in [5.41, 5.74) is 5.76. The highest BCUT2D eigenvalue weighted by atomic mass is 32.2. The number of amides is 1. The highest BCUT2D eigenvalue weighted by Gasteiger charge is 2.17. The first-order valence-corrected chi connectivity index (χ1v) is 11.1. The minimum atomic E-state index is -0.920. The van der Waals surface area contributed by atoms with Gasteiger partial charge in [0.2, 0.25) is 0 Å². The largest absolute Gasteiger partial charge is 0.321 e. The molecule has 0 aliphatic carbocycles. The van der Waals surface area contributed by atoms with E-state index < -0.39 is 10.8 Å². The summed E-state index contributed by atoms with van der Waals surface area (Å²) >= 11 is 1.40. The van der Waals surface area contributed by atoms with E-state index in [9.17, 15) is 9.00 Å². The third-order valence-corrected chi connectivity index (χ3v) is 6.10. The Morgan fingerprint density at radius 2 is 1.93 bits per heavy atom. The van der Waals surface area contributed by atoms with Crippen LogP contribution < -0.4 is 5.32 Å². The van der Waals surface area contributed by atoms with Gasteiger partial charge in [0.1, 0.15) is 9.88 Å². The van der Waals surface area contributed by atoms with Crippen molar-refractivity contribution in [3.8, 4) is 10.6 Å². The van der Waals surface area contributed by atoms with Gasteiger partial charge in [0.05, 0.1) is 5.69 Å². The molecule has 140 valence electrons. The number of anilines is 1. The van der Waals surface area contributed by atoms with Gasteiger partial charge >= 0.3 is 0 Å². The van der Waals surface area contributed by atoms with Crippen molar-refractivity contribution in [2.24, 2.45) is 0 Å². The normalized spacial score (nSPS) is 12.0. The Morgan fingerprint density at radius 1 is 1.15 bits per heavy atom. The van der Waals surface area contributed by atoms with E-state index in [0.29, 0.717) is 16.3 Å². The zero-order valence-corrected chi connectivity index (χ0v) is 17.5. The number of nitrogens with zero attached hydrogens (tertiary/aromatic N) is 1. The van der Waals surface area contributed by atoms with E-state index in [1.165, 1.54) is 16.9 Å². The zero-order valence-electron chi connectivity index (χ0n) is 15.8. The van der Waals surface area contributed by atoms with Gasteiger partial charge in [0, 0.05) is 34.1 Å². The van der Waals surface area contributed by atoms with Gasteiger partial charge in [0.25, 0.3) is 5.91 Å². The van der Waals surface area contributed by atoms with Crippen molar-refractivity contribution >= 4 is 33.7 Å². The van der Waals surface area contributed by atoms with Gasteiger partial charge in [-0.1, -0.05) is 35.9 Å². The molecule has 1 heterocycles. The number of aromatic nitrogens is 1. The minimum Gasteiger partial charge on any atom is -0.321 e. The molecule has 1 aromatic heterocycles. The van der Waals surface area contributed by atoms with E-state index in [2.05, 4.69) is 42.3 Å². The van der Waals surface area contributed by atoms with Gasteiger partial charge in [0.15, 0.2) is 0 Å². The van der Waals surface area contributed by atoms with Crippen LogP contribution in [-0.4, -0.2) is 21.4 Å². The van der Waals surface area contributed by atoms with Crippen LogP contribution in [0.25, 0.3) is 10.6 Å². The summed E-state index contributed by atoms with van der Waals surface area (Å²) in [4.78, 5) is 18.0. The van der Waals surface area contributed by atoms with Crippen LogP contribution >= 0.6 is 11.3 Å². The third kappa shape index (κ3) is 4.70.